The van der Waals surface area contributed by atoms with Crippen molar-refractivity contribution in [1.29, 1.82) is 0 Å². The van der Waals surface area contributed by atoms with Crippen molar-refractivity contribution in [2.75, 3.05) is 13.2 Å². The average Bonchev–Trinajstić information content (AvgIpc) is 3.49. The predicted octanol–water partition coefficient (Wildman–Crippen LogP) is 16.8. The molecule has 1 rings (SSSR count). The molecule has 0 radical (unpaired) electrons. The molecule has 81 heavy (non-hydrogen) atoms. The van der Waals surface area contributed by atoms with Gasteiger partial charge in [-0.25, -0.2) is 0 Å². The zero-order valence-corrected chi connectivity index (χ0v) is 53.0. The number of nitrogens with one attached hydrogen (secondary N) is 1. The molecule has 11 nitrogen and oxygen atoms in total. The van der Waals surface area contributed by atoms with E-state index in [1.54, 1.807) is 0 Å². The minimum Gasteiger partial charge on any atom is -0.394 e. The van der Waals surface area contributed by atoms with Gasteiger partial charge in [-0.05, 0) is 51.4 Å². The Morgan fingerprint density at radius 3 is 1.10 bits per heavy atom. The molecule has 0 saturated carbocycles. The van der Waals surface area contributed by atoms with Crippen LogP contribution < -0.4 is 5.32 Å². The molecule has 8 N–H and O–H groups in total. The minimum atomic E-state index is -1.67. The lowest BCUT2D eigenvalue weighted by molar-refractivity contribution is -0.303. The number of unbranched alkanes of at least 4 members (excludes halogenated alkanes) is 46. The Bertz CT molecular complexity index is 1370. The second-order valence-corrected chi connectivity index (χ2v) is 25.0. The maximum atomic E-state index is 13.2. The molecular formula is C70H135NO10. The summed E-state index contributed by atoms with van der Waals surface area (Å²) in [6.07, 6.45) is 63.0. The molecule has 11 heteroatoms. The summed E-state index contributed by atoms with van der Waals surface area (Å²) in [5.41, 5.74) is 0. The molecule has 0 aromatic carbocycles. The first-order valence-electron chi connectivity index (χ1n) is 35.2. The second kappa shape index (κ2) is 58.9. The van der Waals surface area contributed by atoms with Crippen molar-refractivity contribution < 1.29 is 50.0 Å². The van der Waals surface area contributed by atoms with Crippen LogP contribution in [0.1, 0.15) is 348 Å². The van der Waals surface area contributed by atoms with E-state index in [1.807, 2.05) is 0 Å². The van der Waals surface area contributed by atoms with Gasteiger partial charge in [0.2, 0.25) is 5.91 Å². The van der Waals surface area contributed by atoms with E-state index in [9.17, 15) is 40.5 Å². The van der Waals surface area contributed by atoms with Crippen molar-refractivity contribution in [1.82, 2.24) is 5.32 Å². The number of hydrogen-bond donors (Lipinski definition) is 8. The van der Waals surface area contributed by atoms with Crippen molar-refractivity contribution in [2.45, 2.75) is 403 Å². The van der Waals surface area contributed by atoms with Crippen LogP contribution in [0.2, 0.25) is 0 Å². The van der Waals surface area contributed by atoms with Crippen molar-refractivity contribution in [3.05, 3.63) is 24.3 Å². The Labute approximate surface area is 499 Å². The van der Waals surface area contributed by atoms with E-state index in [0.717, 1.165) is 38.5 Å². The molecule has 1 amide bonds. The minimum absolute atomic E-state index is 0.249. The van der Waals surface area contributed by atoms with Crippen LogP contribution in [0.3, 0.4) is 0 Å². The van der Waals surface area contributed by atoms with E-state index in [4.69, 9.17) is 9.47 Å². The van der Waals surface area contributed by atoms with E-state index in [2.05, 4.69) is 43.5 Å². The highest BCUT2D eigenvalue weighted by Gasteiger charge is 2.44. The lowest BCUT2D eigenvalue weighted by atomic mass is 9.98. The number of carbonyl (C=O) groups excluding carboxylic acids is 1. The fraction of sp³-hybridized carbons (Fsp3) is 0.929. The predicted molar refractivity (Wildman–Crippen MR) is 339 cm³/mol. The highest BCUT2D eigenvalue weighted by molar-refractivity contribution is 5.80. The number of aliphatic hydroxyl groups excluding tert-OH is 7. The number of carbonyl (C=O) groups is 1. The number of rotatable bonds is 62. The summed E-state index contributed by atoms with van der Waals surface area (Å²) < 4.78 is 11.2. The highest BCUT2D eigenvalue weighted by Crippen LogP contribution is 2.24. The summed E-state index contributed by atoms with van der Waals surface area (Å²) in [4.78, 5) is 13.2. The summed E-state index contributed by atoms with van der Waals surface area (Å²) >= 11 is 0. The Kier molecular flexibility index (Phi) is 56.5. The fourth-order valence-electron chi connectivity index (χ4n) is 11.6. The van der Waals surface area contributed by atoms with E-state index >= 15 is 0 Å². The summed E-state index contributed by atoms with van der Waals surface area (Å²) in [6, 6.07) is -1.19. The van der Waals surface area contributed by atoms with Crippen molar-refractivity contribution in [3.8, 4) is 0 Å². The molecule has 0 aromatic rings. The molecule has 9 unspecified atom stereocenters. The third kappa shape index (κ3) is 46.5. The molecule has 0 bridgehead atoms. The molecule has 1 saturated heterocycles. The van der Waals surface area contributed by atoms with Crippen LogP contribution in [0.15, 0.2) is 24.3 Å². The van der Waals surface area contributed by atoms with Gasteiger partial charge >= 0.3 is 0 Å². The molecular weight excluding hydrogens is 1010 g/mol. The Hall–Kier alpha value is -1.41. The number of allylic oxidation sites excluding steroid dienone is 4. The SMILES string of the molecule is CCCCCCCCC/C=C/CC/C=C/CCCC(O)C(O)C(COC1OC(CO)C(O)C(O)C1O)NC(=O)C(O)CCCCCCCCCCCCCCCCCCCCCCCCCCCCCCCCCCCCCCCC. The number of aliphatic hydroxyl groups is 7. The Morgan fingerprint density at radius 2 is 0.741 bits per heavy atom. The van der Waals surface area contributed by atoms with Crippen LogP contribution in [-0.2, 0) is 14.3 Å². The molecule has 0 aliphatic carbocycles. The van der Waals surface area contributed by atoms with Gasteiger partial charge in [0, 0.05) is 0 Å². The number of amides is 1. The van der Waals surface area contributed by atoms with Gasteiger partial charge in [0.1, 0.15) is 36.6 Å². The average molecular weight is 1150 g/mol. The number of hydrogen-bond acceptors (Lipinski definition) is 10. The van der Waals surface area contributed by atoms with Crippen LogP contribution in [0.25, 0.3) is 0 Å². The molecule has 9 atom stereocenters. The molecule has 1 aliphatic rings. The van der Waals surface area contributed by atoms with Gasteiger partial charge in [0.05, 0.1) is 25.4 Å². The summed E-state index contributed by atoms with van der Waals surface area (Å²) in [7, 11) is 0. The first-order valence-corrected chi connectivity index (χ1v) is 35.2. The number of ether oxygens (including phenoxy) is 2. The standard InChI is InChI=1S/C70H135NO10/c1-3-5-7-9-11-13-15-17-19-21-22-23-24-25-26-27-28-29-30-31-32-33-34-35-36-37-38-39-40-41-42-44-46-48-50-52-54-56-58-63(74)69(79)71-61(60-80-70-68(78)67(77)66(76)64(59-72)81-70)65(75)62(73)57-55-53-51-49-47-45-43-20-18-16-14-12-10-8-6-4-2/h20,43,49,51,61-68,70,72-78H,3-19,21-42,44-48,50,52-60H2,1-2H3,(H,71,79)/b43-20+,51-49+. The smallest absolute Gasteiger partial charge is 0.249 e. The summed E-state index contributed by atoms with van der Waals surface area (Å²) in [5.74, 6) is -0.704. The molecule has 0 aromatic heterocycles. The summed E-state index contributed by atoms with van der Waals surface area (Å²) in [5, 5.41) is 76.3. The van der Waals surface area contributed by atoms with Gasteiger partial charge in [0.15, 0.2) is 6.29 Å². The first-order chi connectivity index (χ1) is 39.7. The fourth-order valence-corrected chi connectivity index (χ4v) is 11.6. The Balaban J connectivity index is 2.11. The van der Waals surface area contributed by atoms with Gasteiger partial charge in [-0.15, -0.1) is 0 Å². The summed E-state index contributed by atoms with van der Waals surface area (Å²) in [6.45, 7) is 3.47. The highest BCUT2D eigenvalue weighted by atomic mass is 16.7. The Morgan fingerprint density at radius 1 is 0.420 bits per heavy atom. The molecule has 1 heterocycles. The topological polar surface area (TPSA) is 189 Å². The van der Waals surface area contributed by atoms with Crippen molar-refractivity contribution in [3.63, 3.8) is 0 Å². The van der Waals surface area contributed by atoms with E-state index in [0.29, 0.717) is 19.3 Å². The van der Waals surface area contributed by atoms with Gasteiger partial charge in [-0.3, -0.25) is 4.79 Å². The zero-order valence-electron chi connectivity index (χ0n) is 53.0. The normalized spacial score (nSPS) is 19.2. The quantitative estimate of drug-likeness (QED) is 0.0215. The molecule has 0 spiro atoms. The monoisotopic (exact) mass is 1150 g/mol. The van der Waals surface area contributed by atoms with Crippen molar-refractivity contribution >= 4 is 5.91 Å². The molecule has 1 fully saturated rings. The maximum Gasteiger partial charge on any atom is 0.249 e. The lowest BCUT2D eigenvalue weighted by Crippen LogP contribution is -2.60. The van der Waals surface area contributed by atoms with Gasteiger partial charge in [-0.2, -0.15) is 0 Å². The van der Waals surface area contributed by atoms with Crippen LogP contribution >= 0.6 is 0 Å². The second-order valence-electron chi connectivity index (χ2n) is 25.0. The van der Waals surface area contributed by atoms with Gasteiger partial charge < -0.3 is 50.5 Å². The maximum absolute atomic E-state index is 13.2. The van der Waals surface area contributed by atoms with E-state index < -0.39 is 74.2 Å². The lowest BCUT2D eigenvalue weighted by Gasteiger charge is -2.40. The van der Waals surface area contributed by atoms with Crippen LogP contribution in [0.4, 0.5) is 0 Å². The van der Waals surface area contributed by atoms with E-state index in [1.165, 1.54) is 263 Å². The molecule has 480 valence electrons. The van der Waals surface area contributed by atoms with Crippen LogP contribution in [0.5, 0.6) is 0 Å². The first kappa shape index (κ1) is 77.6. The largest absolute Gasteiger partial charge is 0.394 e. The molecule has 1 aliphatic heterocycles. The van der Waals surface area contributed by atoms with Crippen molar-refractivity contribution in [2.24, 2.45) is 0 Å². The van der Waals surface area contributed by atoms with Gasteiger partial charge in [-0.1, -0.05) is 321 Å². The van der Waals surface area contributed by atoms with Crippen LogP contribution in [0, 0.1) is 0 Å². The third-order valence-corrected chi connectivity index (χ3v) is 17.2. The van der Waals surface area contributed by atoms with E-state index in [-0.39, 0.29) is 12.8 Å². The zero-order chi connectivity index (χ0) is 58.9. The third-order valence-electron chi connectivity index (χ3n) is 17.2. The van der Waals surface area contributed by atoms with Gasteiger partial charge in [0.25, 0.3) is 0 Å². The van der Waals surface area contributed by atoms with Crippen LogP contribution in [-0.4, -0.2) is 110 Å².